The summed E-state index contributed by atoms with van der Waals surface area (Å²) in [5, 5.41) is 0. The highest BCUT2D eigenvalue weighted by molar-refractivity contribution is 8.17. The monoisotopic (exact) mass is 284 g/mol. The van der Waals surface area contributed by atoms with Crippen LogP contribution < -0.4 is 0 Å². The lowest BCUT2D eigenvalue weighted by atomic mass is 9.96. The van der Waals surface area contributed by atoms with Gasteiger partial charge in [0.25, 0.3) is 0 Å². The van der Waals surface area contributed by atoms with E-state index in [1.807, 2.05) is 23.5 Å². The van der Waals surface area contributed by atoms with Crippen molar-refractivity contribution in [2.45, 2.75) is 16.4 Å². The molecule has 0 spiro atoms. The van der Waals surface area contributed by atoms with Gasteiger partial charge in [0.1, 0.15) is 0 Å². The molecular weight excluding hydrogens is 268 g/mol. The smallest absolute Gasteiger partial charge is 0.0736 e. The normalized spacial score (nSPS) is 17.8. The number of benzene rings is 2. The van der Waals surface area contributed by atoms with E-state index in [4.69, 9.17) is 0 Å². The molecule has 0 bridgehead atoms. The molecule has 0 saturated carbocycles. The van der Waals surface area contributed by atoms with E-state index in [2.05, 4.69) is 67.8 Å². The molecule has 0 aromatic heterocycles. The topological polar surface area (TPSA) is 0 Å². The third-order valence-corrected chi connectivity index (χ3v) is 5.76. The summed E-state index contributed by atoms with van der Waals surface area (Å²) < 4.78 is 0.506. The molecule has 0 nitrogen and oxygen atoms in total. The lowest BCUT2D eigenvalue weighted by molar-refractivity contribution is 1.34. The highest BCUT2D eigenvalue weighted by Crippen LogP contribution is 2.43. The minimum absolute atomic E-state index is 0.506. The zero-order valence-corrected chi connectivity index (χ0v) is 12.7. The van der Waals surface area contributed by atoms with Gasteiger partial charge in [0, 0.05) is 4.90 Å². The zero-order chi connectivity index (χ0) is 13.2. The number of hydrogen-bond donors (Lipinski definition) is 0. The van der Waals surface area contributed by atoms with Crippen LogP contribution >= 0.6 is 23.5 Å². The van der Waals surface area contributed by atoms with Gasteiger partial charge in [0.05, 0.1) is 4.58 Å². The number of thioether (sulfide) groups is 2. The minimum atomic E-state index is 0.506. The molecule has 19 heavy (non-hydrogen) atoms. The molecule has 2 aromatic rings. The molecule has 0 radical (unpaired) electrons. The fourth-order valence-corrected chi connectivity index (χ4v) is 4.16. The standard InChI is InChI=1S/C17H16S2/c1-12-7-9-13(10-8-12)15-11-17(18-2)19-16-6-4-3-5-14(15)16/h3-11,17H,1-2H3. The Morgan fingerprint density at radius 2 is 1.74 bits per heavy atom. The first-order chi connectivity index (χ1) is 9.28. The maximum absolute atomic E-state index is 2.39. The third kappa shape index (κ3) is 2.60. The lowest BCUT2D eigenvalue weighted by Gasteiger charge is -2.23. The first kappa shape index (κ1) is 12.9. The molecule has 0 fully saturated rings. The Kier molecular flexibility index (Phi) is 3.72. The Balaban J connectivity index is 2.11. The molecule has 0 amide bonds. The van der Waals surface area contributed by atoms with E-state index in [1.165, 1.54) is 27.2 Å². The van der Waals surface area contributed by atoms with E-state index in [9.17, 15) is 0 Å². The van der Waals surface area contributed by atoms with Crippen LogP contribution in [0, 0.1) is 6.92 Å². The van der Waals surface area contributed by atoms with Gasteiger partial charge in [-0.3, -0.25) is 0 Å². The fourth-order valence-electron chi connectivity index (χ4n) is 2.28. The molecule has 1 aliphatic heterocycles. The predicted octanol–water partition coefficient (Wildman–Crippen LogP) is 5.22. The second-order valence-electron chi connectivity index (χ2n) is 4.66. The van der Waals surface area contributed by atoms with E-state index >= 15 is 0 Å². The van der Waals surface area contributed by atoms with E-state index in [0.29, 0.717) is 4.58 Å². The average Bonchev–Trinajstić information content (AvgIpc) is 2.47. The van der Waals surface area contributed by atoms with Crippen LogP contribution in [-0.4, -0.2) is 10.8 Å². The molecule has 0 aliphatic carbocycles. The number of hydrogen-bond acceptors (Lipinski definition) is 2. The molecule has 1 atom stereocenters. The zero-order valence-electron chi connectivity index (χ0n) is 11.1. The highest BCUT2D eigenvalue weighted by Gasteiger charge is 2.19. The maximum atomic E-state index is 2.39. The first-order valence-corrected chi connectivity index (χ1v) is 8.52. The van der Waals surface area contributed by atoms with Crippen LogP contribution in [0.2, 0.25) is 0 Å². The molecule has 3 rings (SSSR count). The Morgan fingerprint density at radius 1 is 1.00 bits per heavy atom. The summed E-state index contributed by atoms with van der Waals surface area (Å²) in [5.41, 5.74) is 5.36. The van der Waals surface area contributed by atoms with Crippen molar-refractivity contribution in [2.24, 2.45) is 0 Å². The van der Waals surface area contributed by atoms with Crippen molar-refractivity contribution in [3.8, 4) is 0 Å². The van der Waals surface area contributed by atoms with E-state index in [1.54, 1.807) is 0 Å². The molecule has 0 N–H and O–H groups in total. The summed E-state index contributed by atoms with van der Waals surface area (Å²) in [6, 6.07) is 17.5. The lowest BCUT2D eigenvalue weighted by Crippen LogP contribution is -2.03. The van der Waals surface area contributed by atoms with Crippen molar-refractivity contribution >= 4 is 29.1 Å². The van der Waals surface area contributed by atoms with Crippen molar-refractivity contribution in [3.63, 3.8) is 0 Å². The van der Waals surface area contributed by atoms with Crippen molar-refractivity contribution in [1.29, 1.82) is 0 Å². The van der Waals surface area contributed by atoms with Crippen molar-refractivity contribution in [3.05, 3.63) is 71.3 Å². The highest BCUT2D eigenvalue weighted by atomic mass is 32.2. The van der Waals surface area contributed by atoms with Crippen LogP contribution in [0.15, 0.2) is 59.5 Å². The van der Waals surface area contributed by atoms with Gasteiger partial charge >= 0.3 is 0 Å². The van der Waals surface area contributed by atoms with Crippen LogP contribution in [0.25, 0.3) is 5.57 Å². The Bertz CT molecular complexity index is 611. The van der Waals surface area contributed by atoms with Crippen molar-refractivity contribution in [2.75, 3.05) is 6.26 Å². The van der Waals surface area contributed by atoms with E-state index in [-0.39, 0.29) is 0 Å². The van der Waals surface area contributed by atoms with Gasteiger partial charge in [-0.1, -0.05) is 54.1 Å². The summed E-state index contributed by atoms with van der Waals surface area (Å²) in [5.74, 6) is 0. The molecule has 1 heterocycles. The molecule has 0 saturated heterocycles. The quantitative estimate of drug-likeness (QED) is 0.741. The van der Waals surface area contributed by atoms with Gasteiger partial charge < -0.3 is 0 Å². The fraction of sp³-hybridized carbons (Fsp3) is 0.176. The Labute approximate surface area is 123 Å². The molecular formula is C17H16S2. The molecule has 96 valence electrons. The average molecular weight is 284 g/mol. The third-order valence-electron chi connectivity index (χ3n) is 3.32. The van der Waals surface area contributed by atoms with Crippen molar-refractivity contribution in [1.82, 2.24) is 0 Å². The van der Waals surface area contributed by atoms with E-state index in [0.717, 1.165) is 0 Å². The van der Waals surface area contributed by atoms with Crippen LogP contribution in [-0.2, 0) is 0 Å². The first-order valence-electron chi connectivity index (χ1n) is 6.35. The van der Waals surface area contributed by atoms with Gasteiger partial charge in [-0.05, 0) is 35.9 Å². The largest absolute Gasteiger partial charge is 0.146 e. The number of fused-ring (bicyclic) bond motifs is 1. The Morgan fingerprint density at radius 3 is 2.47 bits per heavy atom. The summed E-state index contributed by atoms with van der Waals surface area (Å²) in [7, 11) is 0. The summed E-state index contributed by atoms with van der Waals surface area (Å²) in [6.45, 7) is 2.13. The van der Waals surface area contributed by atoms with Crippen LogP contribution in [0.3, 0.4) is 0 Å². The SMILES string of the molecule is CSC1C=C(c2ccc(C)cc2)c2ccccc2S1. The molecule has 2 aromatic carbocycles. The minimum Gasteiger partial charge on any atom is -0.146 e. The maximum Gasteiger partial charge on any atom is 0.0736 e. The van der Waals surface area contributed by atoms with Gasteiger partial charge in [-0.2, -0.15) is 0 Å². The predicted molar refractivity (Wildman–Crippen MR) is 87.9 cm³/mol. The van der Waals surface area contributed by atoms with E-state index < -0.39 is 0 Å². The van der Waals surface area contributed by atoms with Crippen LogP contribution in [0.1, 0.15) is 16.7 Å². The summed E-state index contributed by atoms with van der Waals surface area (Å²) in [6.07, 6.45) is 4.57. The van der Waals surface area contributed by atoms with Crippen LogP contribution in [0.4, 0.5) is 0 Å². The molecule has 1 aliphatic rings. The second kappa shape index (κ2) is 5.48. The summed E-state index contributed by atoms with van der Waals surface area (Å²) >= 11 is 3.84. The van der Waals surface area contributed by atoms with Gasteiger partial charge in [-0.25, -0.2) is 0 Å². The molecule has 1 unspecified atom stereocenters. The number of aryl methyl sites for hydroxylation is 1. The second-order valence-corrected chi connectivity index (χ2v) is 7.13. The number of rotatable bonds is 2. The van der Waals surface area contributed by atoms with Gasteiger partial charge in [-0.15, -0.1) is 23.5 Å². The van der Waals surface area contributed by atoms with Crippen LogP contribution in [0.5, 0.6) is 0 Å². The van der Waals surface area contributed by atoms with Gasteiger partial charge in [0.2, 0.25) is 0 Å². The Hall–Kier alpha value is -1.12. The molecule has 2 heteroatoms. The van der Waals surface area contributed by atoms with Gasteiger partial charge in [0.15, 0.2) is 0 Å². The summed E-state index contributed by atoms with van der Waals surface area (Å²) in [4.78, 5) is 1.39. The van der Waals surface area contributed by atoms with Crippen molar-refractivity contribution < 1.29 is 0 Å².